The molecule has 0 aromatic carbocycles. The minimum absolute atomic E-state index is 0.336. The van der Waals surface area contributed by atoms with Crippen molar-refractivity contribution >= 4 is 28.2 Å². The van der Waals surface area contributed by atoms with Crippen molar-refractivity contribution in [1.29, 1.82) is 5.41 Å². The highest BCUT2D eigenvalue weighted by molar-refractivity contribution is 9.11. The van der Waals surface area contributed by atoms with E-state index < -0.39 is 11.7 Å². The van der Waals surface area contributed by atoms with E-state index in [-0.39, 0.29) is 0 Å². The Kier molecular flexibility index (Phi) is 6.48. The SMILES string of the molecule is CC(C)(C)OC(=O)NNC/C(C=N)=C(\Br)NC1CCC1. The van der Waals surface area contributed by atoms with Crippen molar-refractivity contribution in [3.05, 3.63) is 10.2 Å². The molecule has 1 rings (SSSR count). The highest BCUT2D eigenvalue weighted by Gasteiger charge is 2.18. The number of ether oxygens (including phenoxy) is 1. The fourth-order valence-corrected chi connectivity index (χ4v) is 2.11. The monoisotopic (exact) mass is 346 g/mol. The second-order valence-electron chi connectivity index (χ2n) is 5.74. The minimum atomic E-state index is -0.537. The first-order valence-electron chi connectivity index (χ1n) is 6.69. The first kappa shape index (κ1) is 17.0. The Bertz CT molecular complexity index is 386. The molecule has 0 aromatic heterocycles. The number of hydrazine groups is 1. The normalized spacial score (nSPS) is 16.8. The largest absolute Gasteiger partial charge is 0.443 e. The molecule has 7 heteroatoms. The van der Waals surface area contributed by atoms with Crippen LogP contribution in [-0.2, 0) is 4.74 Å². The van der Waals surface area contributed by atoms with Gasteiger partial charge in [-0.2, -0.15) is 0 Å². The van der Waals surface area contributed by atoms with Crippen LogP contribution in [-0.4, -0.2) is 30.5 Å². The number of nitrogens with one attached hydrogen (secondary N) is 4. The van der Waals surface area contributed by atoms with Gasteiger partial charge in [0.25, 0.3) is 0 Å². The van der Waals surface area contributed by atoms with Crippen molar-refractivity contribution in [3.8, 4) is 0 Å². The first-order valence-corrected chi connectivity index (χ1v) is 7.48. The summed E-state index contributed by atoms with van der Waals surface area (Å²) in [5.41, 5.74) is 5.39. The fourth-order valence-electron chi connectivity index (χ4n) is 1.53. The molecule has 0 aromatic rings. The van der Waals surface area contributed by atoms with E-state index in [0.29, 0.717) is 12.6 Å². The topological polar surface area (TPSA) is 86.2 Å². The quantitative estimate of drug-likeness (QED) is 0.338. The fraction of sp³-hybridized carbons (Fsp3) is 0.692. The van der Waals surface area contributed by atoms with Gasteiger partial charge in [0, 0.05) is 24.4 Å². The smallest absolute Gasteiger partial charge is 0.422 e. The van der Waals surface area contributed by atoms with Crippen molar-refractivity contribution in [2.75, 3.05) is 6.54 Å². The van der Waals surface area contributed by atoms with Crippen LogP contribution < -0.4 is 16.2 Å². The lowest BCUT2D eigenvalue weighted by atomic mass is 9.93. The molecule has 1 aliphatic carbocycles. The molecule has 0 unspecified atom stereocenters. The summed E-state index contributed by atoms with van der Waals surface area (Å²) in [7, 11) is 0. The molecule has 0 spiro atoms. The zero-order valence-electron chi connectivity index (χ0n) is 12.2. The van der Waals surface area contributed by atoms with E-state index in [1.165, 1.54) is 12.6 Å². The number of hydrogen-bond acceptors (Lipinski definition) is 5. The lowest BCUT2D eigenvalue weighted by Crippen LogP contribution is -2.42. The average molecular weight is 347 g/mol. The molecule has 1 aliphatic rings. The predicted molar refractivity (Wildman–Crippen MR) is 82.9 cm³/mol. The minimum Gasteiger partial charge on any atom is -0.443 e. The van der Waals surface area contributed by atoms with Crippen LogP contribution in [0, 0.1) is 5.41 Å². The van der Waals surface area contributed by atoms with Gasteiger partial charge < -0.3 is 15.5 Å². The zero-order chi connectivity index (χ0) is 15.2. The summed E-state index contributed by atoms with van der Waals surface area (Å²) < 4.78 is 5.88. The van der Waals surface area contributed by atoms with E-state index in [4.69, 9.17) is 10.1 Å². The summed E-state index contributed by atoms with van der Waals surface area (Å²) in [4.78, 5) is 11.4. The van der Waals surface area contributed by atoms with Gasteiger partial charge in [-0.15, -0.1) is 0 Å². The molecule has 4 N–H and O–H groups in total. The highest BCUT2D eigenvalue weighted by Crippen LogP contribution is 2.21. The van der Waals surface area contributed by atoms with Crippen molar-refractivity contribution in [2.24, 2.45) is 0 Å². The van der Waals surface area contributed by atoms with Crippen LogP contribution in [0.5, 0.6) is 0 Å². The van der Waals surface area contributed by atoms with Crippen molar-refractivity contribution in [2.45, 2.75) is 51.7 Å². The van der Waals surface area contributed by atoms with Crippen LogP contribution >= 0.6 is 15.9 Å². The molecule has 1 amide bonds. The highest BCUT2D eigenvalue weighted by atomic mass is 79.9. The molecule has 1 saturated carbocycles. The molecule has 0 aliphatic heterocycles. The Balaban J connectivity index is 2.35. The van der Waals surface area contributed by atoms with E-state index in [1.807, 2.05) is 0 Å². The number of hydrogen-bond donors (Lipinski definition) is 4. The van der Waals surface area contributed by atoms with Crippen molar-refractivity contribution < 1.29 is 9.53 Å². The summed E-state index contributed by atoms with van der Waals surface area (Å²) in [5, 5.41) is 10.7. The molecule has 20 heavy (non-hydrogen) atoms. The third kappa shape index (κ3) is 6.38. The molecule has 0 bridgehead atoms. The number of carbonyl (C=O) groups excluding carboxylic acids is 1. The maximum atomic E-state index is 11.4. The standard InChI is InChI=1S/C13H23BrN4O2/c1-13(2,3)20-12(19)18-16-8-9(7-15)11(14)17-10-5-4-6-10/h7,10,15-17H,4-6,8H2,1-3H3,(H,18,19)/b11-9+,15-7?. The van der Waals surface area contributed by atoms with E-state index in [9.17, 15) is 4.79 Å². The Morgan fingerprint density at radius 2 is 2.10 bits per heavy atom. The Morgan fingerprint density at radius 3 is 2.55 bits per heavy atom. The maximum absolute atomic E-state index is 11.4. The van der Waals surface area contributed by atoms with Gasteiger partial charge in [-0.1, -0.05) is 0 Å². The molecule has 0 atom stereocenters. The van der Waals surface area contributed by atoms with E-state index >= 15 is 0 Å². The molecule has 1 fully saturated rings. The molecule has 6 nitrogen and oxygen atoms in total. The third-order valence-electron chi connectivity index (χ3n) is 2.76. The van der Waals surface area contributed by atoms with Gasteiger partial charge in [0.15, 0.2) is 0 Å². The number of amides is 1. The summed E-state index contributed by atoms with van der Waals surface area (Å²) >= 11 is 3.43. The Hall–Kier alpha value is -1.08. The Morgan fingerprint density at radius 1 is 1.45 bits per heavy atom. The van der Waals surface area contributed by atoms with E-state index in [0.717, 1.165) is 23.0 Å². The van der Waals surface area contributed by atoms with Gasteiger partial charge in [-0.25, -0.2) is 10.2 Å². The molecule has 0 saturated heterocycles. The summed E-state index contributed by atoms with van der Waals surface area (Å²) in [6, 6.07) is 0.484. The Labute approximate surface area is 128 Å². The third-order valence-corrected chi connectivity index (χ3v) is 3.50. The van der Waals surface area contributed by atoms with Gasteiger partial charge in [0.1, 0.15) is 5.60 Å². The lowest BCUT2D eigenvalue weighted by Gasteiger charge is -2.28. The van der Waals surface area contributed by atoms with Crippen LogP contribution in [0.25, 0.3) is 0 Å². The number of rotatable bonds is 6. The lowest BCUT2D eigenvalue weighted by molar-refractivity contribution is 0.0501. The van der Waals surface area contributed by atoms with Crippen LogP contribution in [0.2, 0.25) is 0 Å². The van der Waals surface area contributed by atoms with Crippen LogP contribution in [0.15, 0.2) is 10.2 Å². The molecular weight excluding hydrogens is 324 g/mol. The average Bonchev–Trinajstić information content (AvgIpc) is 2.26. The van der Waals surface area contributed by atoms with Gasteiger partial charge in [0.2, 0.25) is 0 Å². The molecular formula is C13H23BrN4O2. The summed E-state index contributed by atoms with van der Waals surface area (Å²) in [6.45, 7) is 5.74. The molecule has 0 radical (unpaired) electrons. The van der Waals surface area contributed by atoms with Gasteiger partial charge in [-0.3, -0.25) is 5.43 Å². The van der Waals surface area contributed by atoms with Crippen molar-refractivity contribution in [3.63, 3.8) is 0 Å². The summed E-state index contributed by atoms with van der Waals surface area (Å²) in [6.07, 6.45) is 4.27. The first-order chi connectivity index (χ1) is 9.31. The zero-order valence-corrected chi connectivity index (χ0v) is 13.8. The van der Waals surface area contributed by atoms with Crippen LogP contribution in [0.3, 0.4) is 0 Å². The van der Waals surface area contributed by atoms with Gasteiger partial charge in [0.05, 0.1) is 4.61 Å². The van der Waals surface area contributed by atoms with E-state index in [2.05, 4.69) is 32.1 Å². The van der Waals surface area contributed by atoms with Gasteiger partial charge >= 0.3 is 6.09 Å². The summed E-state index contributed by atoms with van der Waals surface area (Å²) in [5.74, 6) is 0. The van der Waals surface area contributed by atoms with Gasteiger partial charge in [-0.05, 0) is 56.0 Å². The predicted octanol–water partition coefficient (Wildman–Crippen LogP) is 2.41. The second kappa shape index (κ2) is 7.64. The maximum Gasteiger partial charge on any atom is 0.422 e. The van der Waals surface area contributed by atoms with Crippen molar-refractivity contribution in [1.82, 2.24) is 16.2 Å². The molecule has 114 valence electrons. The number of carbonyl (C=O) groups is 1. The van der Waals surface area contributed by atoms with Crippen LogP contribution in [0.4, 0.5) is 4.79 Å². The number of halogens is 1. The van der Waals surface area contributed by atoms with E-state index in [1.54, 1.807) is 20.8 Å². The van der Waals surface area contributed by atoms with Crippen LogP contribution in [0.1, 0.15) is 40.0 Å². The second-order valence-corrected chi connectivity index (χ2v) is 6.53. The molecule has 0 heterocycles.